The fraction of sp³-hybridized carbons (Fsp3) is 0.630. The second kappa shape index (κ2) is 11.1. The van der Waals surface area contributed by atoms with Gasteiger partial charge in [0.25, 0.3) is 0 Å². The predicted molar refractivity (Wildman–Crippen MR) is 136 cm³/mol. The van der Waals surface area contributed by atoms with E-state index in [0.717, 1.165) is 30.7 Å². The summed E-state index contributed by atoms with van der Waals surface area (Å²) in [5.74, 6) is -0.383. The molecule has 2 heterocycles. The zero-order valence-electron chi connectivity index (χ0n) is 22.6. The number of nitrogens with zero attached hydrogens (tertiary/aromatic N) is 4. The van der Waals surface area contributed by atoms with E-state index in [2.05, 4.69) is 15.6 Å². The number of ether oxygens (including phenoxy) is 1. The van der Waals surface area contributed by atoms with Gasteiger partial charge in [-0.05, 0) is 42.9 Å². The summed E-state index contributed by atoms with van der Waals surface area (Å²) in [5, 5.41) is 21.6. The summed E-state index contributed by atoms with van der Waals surface area (Å²) >= 11 is 0. The van der Waals surface area contributed by atoms with Crippen LogP contribution in [0, 0.1) is 5.41 Å². The van der Waals surface area contributed by atoms with Gasteiger partial charge in [-0.2, -0.15) is 13.2 Å². The highest BCUT2D eigenvalue weighted by Gasteiger charge is 2.45. The Hall–Kier alpha value is -3.15. The highest BCUT2D eigenvalue weighted by atomic mass is 19.4. The number of carbonyl (C=O) groups is 2. The van der Waals surface area contributed by atoms with Gasteiger partial charge >= 0.3 is 6.18 Å². The SMILES string of the molecule is CCC(CNC(=O)C1CC(O)CN1C(=O)[C@@H](n1cc(C2CC2)nn1)C(C)(C)C)Oc1cccc(C(F)(F)F)c1. The first-order chi connectivity index (χ1) is 18.3. The molecule has 2 aromatic rings. The summed E-state index contributed by atoms with van der Waals surface area (Å²) in [6.45, 7) is 7.55. The van der Waals surface area contributed by atoms with Crippen molar-refractivity contribution in [2.75, 3.05) is 13.1 Å². The van der Waals surface area contributed by atoms with Crippen molar-refractivity contribution in [3.05, 3.63) is 41.7 Å². The van der Waals surface area contributed by atoms with E-state index in [1.54, 1.807) is 17.8 Å². The number of aliphatic hydroxyl groups is 1. The number of carbonyl (C=O) groups excluding carboxylic acids is 2. The molecule has 2 aliphatic rings. The van der Waals surface area contributed by atoms with Crippen LogP contribution in [-0.2, 0) is 15.8 Å². The van der Waals surface area contributed by atoms with Gasteiger partial charge in [-0.3, -0.25) is 9.59 Å². The second-order valence-corrected chi connectivity index (χ2v) is 11.5. The van der Waals surface area contributed by atoms with E-state index in [1.165, 1.54) is 17.0 Å². The third kappa shape index (κ3) is 6.90. The molecule has 1 saturated carbocycles. The van der Waals surface area contributed by atoms with Crippen LogP contribution in [0.3, 0.4) is 0 Å². The van der Waals surface area contributed by atoms with E-state index >= 15 is 0 Å². The Morgan fingerprint density at radius 2 is 1.95 bits per heavy atom. The monoisotopic (exact) mass is 551 g/mol. The minimum Gasteiger partial charge on any atom is -0.489 e. The largest absolute Gasteiger partial charge is 0.489 e. The Bertz CT molecular complexity index is 1170. The summed E-state index contributed by atoms with van der Waals surface area (Å²) in [5.41, 5.74) is -0.524. The summed E-state index contributed by atoms with van der Waals surface area (Å²) in [6.07, 6.45) is -1.57. The Labute approximate surface area is 225 Å². The molecule has 4 atom stereocenters. The number of benzene rings is 1. The zero-order valence-corrected chi connectivity index (χ0v) is 22.6. The van der Waals surface area contributed by atoms with Crippen molar-refractivity contribution < 1.29 is 32.6 Å². The summed E-state index contributed by atoms with van der Waals surface area (Å²) in [4.78, 5) is 28.4. The fourth-order valence-corrected chi connectivity index (χ4v) is 4.87. The molecule has 2 N–H and O–H groups in total. The number of hydrogen-bond acceptors (Lipinski definition) is 6. The summed E-state index contributed by atoms with van der Waals surface area (Å²) < 4.78 is 46.4. The maximum Gasteiger partial charge on any atom is 0.416 e. The van der Waals surface area contributed by atoms with E-state index in [9.17, 15) is 27.9 Å². The highest BCUT2D eigenvalue weighted by molar-refractivity contribution is 5.90. The molecule has 214 valence electrons. The van der Waals surface area contributed by atoms with Gasteiger partial charge in [0, 0.05) is 25.1 Å². The number of likely N-dealkylation sites (tertiary alicyclic amines) is 1. The first-order valence-electron chi connectivity index (χ1n) is 13.3. The van der Waals surface area contributed by atoms with Crippen LogP contribution in [0.25, 0.3) is 0 Å². The lowest BCUT2D eigenvalue weighted by Gasteiger charge is -2.34. The molecule has 2 amide bonds. The van der Waals surface area contributed by atoms with Crippen LogP contribution in [0.15, 0.2) is 30.5 Å². The van der Waals surface area contributed by atoms with Crippen LogP contribution in [0.2, 0.25) is 0 Å². The van der Waals surface area contributed by atoms with E-state index in [-0.39, 0.29) is 31.2 Å². The number of aromatic nitrogens is 3. The van der Waals surface area contributed by atoms with Crippen LogP contribution < -0.4 is 10.1 Å². The lowest BCUT2D eigenvalue weighted by atomic mass is 9.85. The van der Waals surface area contributed by atoms with Gasteiger partial charge in [-0.15, -0.1) is 5.10 Å². The standard InChI is InChI=1S/C27H36F3N5O4/c1-5-19(39-20-8-6-7-17(11-20)27(28,29)30)13-31-24(37)22-12-18(36)14-34(22)25(38)23(26(2,3)4)35-15-21(32-33-35)16-9-10-16/h6-8,11,15-16,18-19,22-23,36H,5,9-10,12-14H2,1-4H3,(H,31,37)/t18?,19?,22?,23-/m1/s1. The number of rotatable bonds is 9. The fourth-order valence-electron chi connectivity index (χ4n) is 4.87. The van der Waals surface area contributed by atoms with Crippen LogP contribution in [-0.4, -0.2) is 68.2 Å². The van der Waals surface area contributed by atoms with Crippen molar-refractivity contribution in [1.82, 2.24) is 25.2 Å². The Morgan fingerprint density at radius 3 is 2.56 bits per heavy atom. The first-order valence-corrected chi connectivity index (χ1v) is 13.3. The molecule has 0 radical (unpaired) electrons. The normalized spacial score (nSPS) is 21.5. The van der Waals surface area contributed by atoms with Gasteiger partial charge in [0.1, 0.15) is 23.9 Å². The van der Waals surface area contributed by atoms with Crippen LogP contribution in [0.4, 0.5) is 13.2 Å². The summed E-state index contributed by atoms with van der Waals surface area (Å²) in [7, 11) is 0. The van der Waals surface area contributed by atoms with E-state index in [4.69, 9.17) is 4.74 Å². The average Bonchev–Trinajstić information content (AvgIpc) is 3.47. The lowest BCUT2D eigenvalue weighted by molar-refractivity contribution is -0.144. The molecule has 2 fully saturated rings. The molecular weight excluding hydrogens is 515 g/mol. The number of hydrogen-bond donors (Lipinski definition) is 2. The van der Waals surface area contributed by atoms with Gasteiger partial charge in [0.05, 0.1) is 23.9 Å². The zero-order chi connectivity index (χ0) is 28.5. The molecule has 1 aliphatic carbocycles. The molecule has 3 unspecified atom stereocenters. The average molecular weight is 552 g/mol. The molecule has 0 spiro atoms. The first kappa shape index (κ1) is 28.8. The van der Waals surface area contributed by atoms with E-state index in [1.807, 2.05) is 20.8 Å². The van der Waals surface area contributed by atoms with Crippen molar-refractivity contribution in [2.45, 2.75) is 89.8 Å². The minimum absolute atomic E-state index is 0.00558. The molecule has 4 rings (SSSR count). The van der Waals surface area contributed by atoms with Crippen molar-refractivity contribution in [1.29, 1.82) is 0 Å². The van der Waals surface area contributed by atoms with Gasteiger partial charge < -0.3 is 20.1 Å². The van der Waals surface area contributed by atoms with Gasteiger partial charge in [0.2, 0.25) is 11.8 Å². The van der Waals surface area contributed by atoms with Crippen molar-refractivity contribution in [2.24, 2.45) is 5.41 Å². The Morgan fingerprint density at radius 1 is 1.23 bits per heavy atom. The minimum atomic E-state index is -4.49. The number of amides is 2. The molecule has 1 aromatic carbocycles. The molecule has 1 saturated heterocycles. The molecule has 9 nitrogen and oxygen atoms in total. The van der Waals surface area contributed by atoms with Gasteiger partial charge in [-0.25, -0.2) is 4.68 Å². The maximum atomic E-state index is 13.8. The molecule has 39 heavy (non-hydrogen) atoms. The number of aliphatic hydroxyl groups excluding tert-OH is 1. The second-order valence-electron chi connectivity index (χ2n) is 11.5. The quantitative estimate of drug-likeness (QED) is 0.492. The molecule has 0 bridgehead atoms. The topological polar surface area (TPSA) is 110 Å². The van der Waals surface area contributed by atoms with E-state index < -0.39 is 47.4 Å². The predicted octanol–water partition coefficient (Wildman–Crippen LogP) is 3.70. The maximum absolute atomic E-state index is 13.8. The number of β-amino-alcohol motifs (C(OH)–C–C–N with tert-alkyl or cyclic N) is 1. The van der Waals surface area contributed by atoms with Gasteiger partial charge in [-0.1, -0.05) is 39.0 Å². The third-order valence-electron chi connectivity index (χ3n) is 7.13. The molecule has 1 aromatic heterocycles. The highest BCUT2D eigenvalue weighted by Crippen LogP contribution is 2.40. The molecular formula is C27H36F3N5O4. The van der Waals surface area contributed by atoms with Crippen LogP contribution >= 0.6 is 0 Å². The molecule has 12 heteroatoms. The Kier molecular flexibility index (Phi) is 8.25. The van der Waals surface area contributed by atoms with Gasteiger partial charge in [0.15, 0.2) is 0 Å². The van der Waals surface area contributed by atoms with Crippen molar-refractivity contribution in [3.63, 3.8) is 0 Å². The third-order valence-corrected chi connectivity index (χ3v) is 7.13. The number of alkyl halides is 3. The van der Waals surface area contributed by atoms with Crippen LogP contribution in [0.5, 0.6) is 5.75 Å². The Balaban J connectivity index is 1.44. The van der Waals surface area contributed by atoms with Crippen molar-refractivity contribution in [3.8, 4) is 5.75 Å². The van der Waals surface area contributed by atoms with E-state index in [0.29, 0.717) is 12.3 Å². The molecule has 1 aliphatic heterocycles. The van der Waals surface area contributed by atoms with Crippen molar-refractivity contribution >= 4 is 11.8 Å². The lowest BCUT2D eigenvalue weighted by Crippen LogP contribution is -2.51. The number of nitrogens with one attached hydrogen (secondary N) is 1. The summed E-state index contributed by atoms with van der Waals surface area (Å²) in [6, 6.07) is 2.94. The smallest absolute Gasteiger partial charge is 0.416 e. The number of halogens is 3. The van der Waals surface area contributed by atoms with Crippen LogP contribution in [0.1, 0.15) is 76.6 Å².